The van der Waals surface area contributed by atoms with Gasteiger partial charge in [0.2, 0.25) is 11.8 Å². The van der Waals surface area contributed by atoms with Gasteiger partial charge in [0.05, 0.1) is 17.5 Å². The van der Waals surface area contributed by atoms with Gasteiger partial charge in [-0.25, -0.2) is 0 Å². The summed E-state index contributed by atoms with van der Waals surface area (Å²) in [6.45, 7) is 8.14. The average molecular weight is 312 g/mol. The Balaban J connectivity index is 1.85. The zero-order chi connectivity index (χ0) is 16.6. The van der Waals surface area contributed by atoms with Crippen molar-refractivity contribution >= 4 is 23.2 Å². The van der Waals surface area contributed by atoms with Crippen LogP contribution in [0.2, 0.25) is 0 Å². The molecule has 1 aromatic carbocycles. The number of hydrogen-bond donors (Lipinski definition) is 0. The molecule has 3 rings (SSSR count). The number of fused-ring (bicyclic) bond motifs is 1. The fourth-order valence-electron chi connectivity index (χ4n) is 3.69. The topological polar surface area (TPSA) is 40.6 Å². The van der Waals surface area contributed by atoms with E-state index in [1.54, 1.807) is 0 Å². The molecule has 2 amide bonds. The lowest BCUT2D eigenvalue weighted by Gasteiger charge is -2.22. The van der Waals surface area contributed by atoms with Crippen LogP contribution >= 0.6 is 0 Å². The van der Waals surface area contributed by atoms with Crippen LogP contribution in [0.3, 0.4) is 0 Å². The zero-order valence-corrected chi connectivity index (χ0v) is 14.1. The Morgan fingerprint density at radius 2 is 1.65 bits per heavy atom. The second kappa shape index (κ2) is 6.19. The van der Waals surface area contributed by atoms with Crippen LogP contribution in [0.15, 0.2) is 35.9 Å². The van der Waals surface area contributed by atoms with Gasteiger partial charge in [-0.1, -0.05) is 11.6 Å². The maximum absolute atomic E-state index is 12.7. The van der Waals surface area contributed by atoms with Crippen molar-refractivity contribution in [1.29, 1.82) is 0 Å². The lowest BCUT2D eigenvalue weighted by atomic mass is 9.82. The minimum Gasteiger partial charge on any atom is -0.372 e. The molecule has 2 atom stereocenters. The number of nitrogens with zero attached hydrogens (tertiary/aromatic N) is 2. The third kappa shape index (κ3) is 2.67. The van der Waals surface area contributed by atoms with Crippen molar-refractivity contribution in [3.05, 3.63) is 35.9 Å². The summed E-state index contributed by atoms with van der Waals surface area (Å²) in [5.74, 6) is -0.425. The molecule has 23 heavy (non-hydrogen) atoms. The molecule has 0 N–H and O–H groups in total. The second-order valence-corrected chi connectivity index (χ2v) is 6.40. The minimum absolute atomic E-state index is 0.0389. The number of amides is 2. The zero-order valence-electron chi connectivity index (χ0n) is 14.1. The van der Waals surface area contributed by atoms with Crippen molar-refractivity contribution in [2.45, 2.75) is 33.6 Å². The van der Waals surface area contributed by atoms with E-state index in [9.17, 15) is 9.59 Å². The van der Waals surface area contributed by atoms with Gasteiger partial charge in [0.15, 0.2) is 0 Å². The number of rotatable bonds is 4. The SMILES string of the molecule is CCN(CC)c1ccc(N2C(=O)C3CC=C(C)CC3C2=O)cc1. The quantitative estimate of drug-likeness (QED) is 0.632. The van der Waals surface area contributed by atoms with Gasteiger partial charge in [0.1, 0.15) is 0 Å². The fraction of sp³-hybridized carbons (Fsp3) is 0.474. The highest BCUT2D eigenvalue weighted by Gasteiger charge is 2.48. The summed E-state index contributed by atoms with van der Waals surface area (Å²) >= 11 is 0. The van der Waals surface area contributed by atoms with E-state index in [1.807, 2.05) is 31.2 Å². The summed E-state index contributed by atoms with van der Waals surface area (Å²) < 4.78 is 0. The van der Waals surface area contributed by atoms with E-state index < -0.39 is 0 Å². The van der Waals surface area contributed by atoms with Gasteiger partial charge in [-0.3, -0.25) is 14.5 Å². The fourth-order valence-corrected chi connectivity index (χ4v) is 3.69. The second-order valence-electron chi connectivity index (χ2n) is 6.40. The predicted octanol–water partition coefficient (Wildman–Crippen LogP) is 3.38. The molecular weight excluding hydrogens is 288 g/mol. The van der Waals surface area contributed by atoms with E-state index in [-0.39, 0.29) is 23.7 Å². The number of carbonyl (C=O) groups excluding carboxylic acids is 2. The molecule has 122 valence electrons. The summed E-state index contributed by atoms with van der Waals surface area (Å²) in [7, 11) is 0. The predicted molar refractivity (Wildman–Crippen MR) is 92.5 cm³/mol. The average Bonchev–Trinajstić information content (AvgIpc) is 2.80. The summed E-state index contributed by atoms with van der Waals surface area (Å²) in [6.07, 6.45) is 3.50. The monoisotopic (exact) mass is 312 g/mol. The van der Waals surface area contributed by atoms with Gasteiger partial charge in [-0.05, 0) is 57.9 Å². The molecule has 1 aliphatic heterocycles. The van der Waals surface area contributed by atoms with Crippen LogP contribution in [0, 0.1) is 11.8 Å². The first-order valence-electron chi connectivity index (χ1n) is 8.45. The lowest BCUT2D eigenvalue weighted by molar-refractivity contribution is -0.122. The molecule has 1 aromatic rings. The van der Waals surface area contributed by atoms with Crippen LogP contribution in [0.4, 0.5) is 11.4 Å². The molecule has 1 heterocycles. The largest absolute Gasteiger partial charge is 0.372 e. The lowest BCUT2D eigenvalue weighted by Crippen LogP contribution is -2.31. The van der Waals surface area contributed by atoms with Gasteiger partial charge in [-0.2, -0.15) is 0 Å². The highest BCUT2D eigenvalue weighted by Crippen LogP contribution is 2.39. The normalized spacial score (nSPS) is 23.8. The van der Waals surface area contributed by atoms with Gasteiger partial charge in [-0.15, -0.1) is 0 Å². The van der Waals surface area contributed by atoms with E-state index in [0.717, 1.165) is 18.8 Å². The number of carbonyl (C=O) groups is 2. The number of benzene rings is 1. The first kappa shape index (κ1) is 15.8. The van der Waals surface area contributed by atoms with Crippen LogP contribution in [0.1, 0.15) is 33.6 Å². The van der Waals surface area contributed by atoms with Crippen molar-refractivity contribution < 1.29 is 9.59 Å². The highest BCUT2D eigenvalue weighted by atomic mass is 16.2. The van der Waals surface area contributed by atoms with Gasteiger partial charge >= 0.3 is 0 Å². The van der Waals surface area contributed by atoms with E-state index in [1.165, 1.54) is 10.5 Å². The van der Waals surface area contributed by atoms with Crippen molar-refractivity contribution in [1.82, 2.24) is 0 Å². The molecule has 0 radical (unpaired) electrons. The van der Waals surface area contributed by atoms with Crippen molar-refractivity contribution in [2.24, 2.45) is 11.8 Å². The van der Waals surface area contributed by atoms with Gasteiger partial charge in [0.25, 0.3) is 0 Å². The molecule has 4 nitrogen and oxygen atoms in total. The summed E-state index contributed by atoms with van der Waals surface area (Å²) in [4.78, 5) is 29.0. The third-order valence-corrected chi connectivity index (χ3v) is 5.06. The van der Waals surface area contributed by atoms with Crippen LogP contribution in [-0.2, 0) is 9.59 Å². The Morgan fingerprint density at radius 1 is 1.04 bits per heavy atom. The Bertz CT molecular complexity index is 644. The number of imide groups is 1. The smallest absolute Gasteiger partial charge is 0.238 e. The van der Waals surface area contributed by atoms with Crippen molar-refractivity contribution in [3.63, 3.8) is 0 Å². The van der Waals surface area contributed by atoms with E-state index in [0.29, 0.717) is 18.5 Å². The first-order valence-corrected chi connectivity index (χ1v) is 8.45. The minimum atomic E-state index is -0.173. The molecule has 0 aromatic heterocycles. The molecule has 0 bridgehead atoms. The maximum Gasteiger partial charge on any atom is 0.238 e. The maximum atomic E-state index is 12.7. The van der Waals surface area contributed by atoms with Crippen LogP contribution in [-0.4, -0.2) is 24.9 Å². The Labute approximate surface area is 137 Å². The van der Waals surface area contributed by atoms with Crippen molar-refractivity contribution in [2.75, 3.05) is 22.9 Å². The number of allylic oxidation sites excluding steroid dienone is 2. The van der Waals surface area contributed by atoms with E-state index in [2.05, 4.69) is 24.8 Å². The molecule has 1 saturated heterocycles. The van der Waals surface area contributed by atoms with Crippen LogP contribution in [0.25, 0.3) is 0 Å². The van der Waals surface area contributed by atoms with Gasteiger partial charge in [0, 0.05) is 18.8 Å². The summed E-state index contributed by atoms with van der Waals surface area (Å²) in [6, 6.07) is 7.77. The summed E-state index contributed by atoms with van der Waals surface area (Å²) in [5, 5.41) is 0. The Morgan fingerprint density at radius 3 is 2.26 bits per heavy atom. The molecule has 4 heteroatoms. The van der Waals surface area contributed by atoms with E-state index in [4.69, 9.17) is 0 Å². The highest BCUT2D eigenvalue weighted by molar-refractivity contribution is 6.22. The molecule has 1 fully saturated rings. The Kier molecular flexibility index (Phi) is 4.24. The van der Waals surface area contributed by atoms with Gasteiger partial charge < -0.3 is 4.90 Å². The molecular formula is C19H24N2O2. The molecule has 2 aliphatic rings. The Hall–Kier alpha value is -2.10. The summed E-state index contributed by atoms with van der Waals surface area (Å²) in [5.41, 5.74) is 3.03. The van der Waals surface area contributed by atoms with Crippen LogP contribution in [0.5, 0.6) is 0 Å². The first-order chi connectivity index (χ1) is 11.1. The molecule has 2 unspecified atom stereocenters. The third-order valence-electron chi connectivity index (χ3n) is 5.06. The number of hydrogen-bond acceptors (Lipinski definition) is 3. The molecule has 0 saturated carbocycles. The van der Waals surface area contributed by atoms with Crippen molar-refractivity contribution in [3.8, 4) is 0 Å². The number of anilines is 2. The van der Waals surface area contributed by atoms with E-state index >= 15 is 0 Å². The molecule has 0 spiro atoms. The molecule has 1 aliphatic carbocycles. The van der Waals surface area contributed by atoms with Crippen LogP contribution < -0.4 is 9.80 Å². The standard InChI is InChI=1S/C19H24N2O2/c1-4-20(5-2)14-7-9-15(10-8-14)21-18(22)16-11-6-13(3)12-17(16)19(21)23/h6-10,16-17H,4-5,11-12H2,1-3H3.